The molecule has 0 amide bonds. The lowest BCUT2D eigenvalue weighted by Crippen LogP contribution is -2.05. The monoisotopic (exact) mass is 228 g/mol. The van der Waals surface area contributed by atoms with Crippen LogP contribution in [0.2, 0.25) is 0 Å². The molecule has 1 fully saturated rings. The van der Waals surface area contributed by atoms with Crippen LogP contribution in [0.25, 0.3) is 0 Å². The average molecular weight is 228 g/mol. The van der Waals surface area contributed by atoms with Crippen LogP contribution < -0.4 is 0 Å². The van der Waals surface area contributed by atoms with Gasteiger partial charge in [-0.2, -0.15) is 0 Å². The van der Waals surface area contributed by atoms with Crippen molar-refractivity contribution in [2.24, 2.45) is 5.92 Å². The van der Waals surface area contributed by atoms with Crippen molar-refractivity contribution in [2.75, 3.05) is 0 Å². The summed E-state index contributed by atoms with van der Waals surface area (Å²) in [6.07, 6.45) is 13.0. The fraction of sp³-hybridized carbons (Fsp3) is 0.929. The van der Waals surface area contributed by atoms with E-state index in [1.165, 1.54) is 51.4 Å². The van der Waals surface area contributed by atoms with E-state index in [9.17, 15) is 4.79 Å². The van der Waals surface area contributed by atoms with Crippen molar-refractivity contribution in [3.8, 4) is 0 Å². The van der Waals surface area contributed by atoms with E-state index >= 15 is 0 Å². The van der Waals surface area contributed by atoms with Crippen LogP contribution in [-0.4, -0.2) is 11.1 Å². The highest BCUT2D eigenvalue weighted by Crippen LogP contribution is 2.27. The molecule has 0 aromatic carbocycles. The second-order valence-electron chi connectivity index (χ2n) is 4.79. The average Bonchev–Trinajstić information content (AvgIpc) is 2.28. The van der Waals surface area contributed by atoms with Gasteiger partial charge in [-0.25, -0.2) is 0 Å². The molecule has 0 aromatic heterocycles. The van der Waals surface area contributed by atoms with Gasteiger partial charge in [-0.05, 0) is 12.3 Å². The molecule has 2 nitrogen and oxygen atoms in total. The highest BCUT2D eigenvalue weighted by Gasteiger charge is 2.11. The highest BCUT2D eigenvalue weighted by atomic mass is 16.4. The molecule has 0 saturated heterocycles. The predicted octanol–water partition coefficient (Wildman–Crippen LogP) is 4.63. The number of hydrogen-bond acceptors (Lipinski definition) is 1. The summed E-state index contributed by atoms with van der Waals surface area (Å²) in [4.78, 5) is 9.60. The first-order valence-electron chi connectivity index (χ1n) is 6.92. The third-order valence-electron chi connectivity index (χ3n) is 3.15. The van der Waals surface area contributed by atoms with E-state index in [4.69, 9.17) is 5.11 Å². The molecule has 0 heterocycles. The molecule has 2 heteroatoms. The normalized spacial score (nSPS) is 16.4. The molecule has 1 aliphatic carbocycles. The lowest BCUT2D eigenvalue weighted by atomic mass is 9.86. The Balaban J connectivity index is 0.000000325. The number of carboxylic acids is 1. The van der Waals surface area contributed by atoms with Crippen LogP contribution in [0.4, 0.5) is 0 Å². The van der Waals surface area contributed by atoms with Crippen molar-refractivity contribution < 1.29 is 9.90 Å². The van der Waals surface area contributed by atoms with Crippen molar-refractivity contribution in [1.82, 2.24) is 0 Å². The summed E-state index contributed by atoms with van der Waals surface area (Å²) in [5.41, 5.74) is 0. The van der Waals surface area contributed by atoms with Gasteiger partial charge in [0, 0.05) is 6.42 Å². The van der Waals surface area contributed by atoms with Gasteiger partial charge in [-0.15, -0.1) is 0 Å². The first kappa shape index (κ1) is 15.5. The summed E-state index contributed by atoms with van der Waals surface area (Å²) in [5.74, 6) is 0.395. The Hall–Kier alpha value is -0.530. The van der Waals surface area contributed by atoms with E-state index in [2.05, 4.69) is 6.92 Å². The van der Waals surface area contributed by atoms with E-state index in [1.807, 2.05) is 6.92 Å². The topological polar surface area (TPSA) is 37.3 Å². The quantitative estimate of drug-likeness (QED) is 0.745. The fourth-order valence-corrected chi connectivity index (χ4v) is 2.18. The van der Waals surface area contributed by atoms with Crippen LogP contribution >= 0.6 is 0 Å². The number of carboxylic acid groups (broad SMARTS) is 1. The second kappa shape index (κ2) is 11.0. The van der Waals surface area contributed by atoms with Crippen LogP contribution in [0.5, 0.6) is 0 Å². The molecule has 0 aromatic rings. The Morgan fingerprint density at radius 3 is 2.12 bits per heavy atom. The maximum absolute atomic E-state index is 9.60. The Morgan fingerprint density at radius 1 is 1.12 bits per heavy atom. The molecule has 96 valence electrons. The molecular formula is C14H28O2. The number of rotatable bonds is 5. The summed E-state index contributed by atoms with van der Waals surface area (Å²) in [5, 5.41) is 7.91. The van der Waals surface area contributed by atoms with E-state index in [-0.39, 0.29) is 0 Å². The van der Waals surface area contributed by atoms with Gasteiger partial charge in [0.15, 0.2) is 0 Å². The summed E-state index contributed by atoms with van der Waals surface area (Å²) in [6.45, 7) is 4.14. The Kier molecular flexibility index (Phi) is 10.6. The molecule has 0 radical (unpaired) electrons. The largest absolute Gasteiger partial charge is 0.481 e. The predicted molar refractivity (Wildman–Crippen MR) is 68.6 cm³/mol. The van der Waals surface area contributed by atoms with Crippen LogP contribution in [0.3, 0.4) is 0 Å². The van der Waals surface area contributed by atoms with E-state index in [0.29, 0.717) is 6.42 Å². The standard InChI is InChI=1S/C10H20.C4H8O2/c1-2-3-7-10-8-5-4-6-9-10;1-2-3-4(5)6/h10H,2-9H2,1H3;2-3H2,1H3,(H,5,6). The number of carbonyl (C=O) groups is 1. The number of aliphatic carboxylic acids is 1. The van der Waals surface area contributed by atoms with Crippen molar-refractivity contribution in [3.05, 3.63) is 0 Å². The van der Waals surface area contributed by atoms with E-state index in [1.54, 1.807) is 0 Å². The lowest BCUT2D eigenvalue weighted by Gasteiger charge is -2.20. The van der Waals surface area contributed by atoms with Gasteiger partial charge < -0.3 is 5.11 Å². The van der Waals surface area contributed by atoms with Gasteiger partial charge in [0.2, 0.25) is 0 Å². The van der Waals surface area contributed by atoms with Gasteiger partial charge >= 0.3 is 5.97 Å². The molecule has 1 rings (SSSR count). The van der Waals surface area contributed by atoms with Crippen LogP contribution in [0.15, 0.2) is 0 Å². The van der Waals surface area contributed by atoms with Crippen molar-refractivity contribution in [1.29, 1.82) is 0 Å². The SMILES string of the molecule is CCCC(=O)O.CCCCC1CCCCC1. The molecule has 0 unspecified atom stereocenters. The zero-order valence-electron chi connectivity index (χ0n) is 11.0. The van der Waals surface area contributed by atoms with Crippen molar-refractivity contribution in [3.63, 3.8) is 0 Å². The van der Waals surface area contributed by atoms with Gasteiger partial charge in [-0.1, -0.05) is 65.2 Å². The van der Waals surface area contributed by atoms with E-state index < -0.39 is 5.97 Å². The number of hydrogen-bond donors (Lipinski definition) is 1. The first-order chi connectivity index (χ1) is 7.70. The molecule has 0 spiro atoms. The minimum atomic E-state index is -0.711. The summed E-state index contributed by atoms with van der Waals surface area (Å²) >= 11 is 0. The molecule has 1 aliphatic rings. The summed E-state index contributed by atoms with van der Waals surface area (Å²) in [7, 11) is 0. The van der Waals surface area contributed by atoms with Gasteiger partial charge in [0.05, 0.1) is 0 Å². The molecule has 0 atom stereocenters. The highest BCUT2D eigenvalue weighted by molar-refractivity contribution is 5.66. The van der Waals surface area contributed by atoms with Crippen molar-refractivity contribution >= 4 is 5.97 Å². The second-order valence-corrected chi connectivity index (χ2v) is 4.79. The minimum Gasteiger partial charge on any atom is -0.481 e. The lowest BCUT2D eigenvalue weighted by molar-refractivity contribution is -0.137. The third-order valence-corrected chi connectivity index (χ3v) is 3.15. The van der Waals surface area contributed by atoms with Crippen LogP contribution in [-0.2, 0) is 4.79 Å². The third kappa shape index (κ3) is 10.0. The Bertz CT molecular complexity index is 160. The van der Waals surface area contributed by atoms with E-state index in [0.717, 1.165) is 12.3 Å². The zero-order valence-corrected chi connectivity index (χ0v) is 11.0. The molecule has 1 saturated carbocycles. The molecule has 0 bridgehead atoms. The summed E-state index contributed by atoms with van der Waals surface area (Å²) < 4.78 is 0. The van der Waals surface area contributed by atoms with Gasteiger partial charge in [-0.3, -0.25) is 4.79 Å². The molecule has 0 aliphatic heterocycles. The first-order valence-corrected chi connectivity index (χ1v) is 6.92. The number of unbranched alkanes of at least 4 members (excludes halogenated alkanes) is 1. The molecule has 1 N–H and O–H groups in total. The Labute approximate surface area is 100 Å². The fourth-order valence-electron chi connectivity index (χ4n) is 2.18. The molecule has 16 heavy (non-hydrogen) atoms. The maximum atomic E-state index is 9.60. The van der Waals surface area contributed by atoms with Crippen molar-refractivity contribution in [2.45, 2.75) is 78.1 Å². The van der Waals surface area contributed by atoms with Crippen LogP contribution in [0, 0.1) is 5.92 Å². The smallest absolute Gasteiger partial charge is 0.303 e. The maximum Gasteiger partial charge on any atom is 0.303 e. The van der Waals surface area contributed by atoms with Gasteiger partial charge in [0.25, 0.3) is 0 Å². The van der Waals surface area contributed by atoms with Gasteiger partial charge in [0.1, 0.15) is 0 Å². The minimum absolute atomic E-state index is 0.292. The summed E-state index contributed by atoms with van der Waals surface area (Å²) in [6, 6.07) is 0. The zero-order chi connectivity index (χ0) is 12.2. The Morgan fingerprint density at radius 2 is 1.75 bits per heavy atom. The van der Waals surface area contributed by atoms with Crippen LogP contribution in [0.1, 0.15) is 78.1 Å². The molecular weight excluding hydrogens is 200 g/mol.